The van der Waals surface area contributed by atoms with Crippen molar-refractivity contribution < 1.29 is 4.79 Å². The van der Waals surface area contributed by atoms with Crippen molar-refractivity contribution in [3.05, 3.63) is 24.2 Å². The first-order valence-electron chi connectivity index (χ1n) is 8.78. The summed E-state index contributed by atoms with van der Waals surface area (Å²) in [5.74, 6) is 1.08. The van der Waals surface area contributed by atoms with Crippen LogP contribution in [0.3, 0.4) is 0 Å². The number of likely N-dealkylation sites (tertiary alicyclic amines) is 1. The van der Waals surface area contributed by atoms with Gasteiger partial charge in [-0.05, 0) is 45.7 Å². The van der Waals surface area contributed by atoms with Crippen molar-refractivity contribution in [2.75, 3.05) is 13.1 Å². The van der Waals surface area contributed by atoms with Gasteiger partial charge in [-0.15, -0.1) is 0 Å². The number of pyridine rings is 1. The summed E-state index contributed by atoms with van der Waals surface area (Å²) < 4.78 is 2.25. The summed E-state index contributed by atoms with van der Waals surface area (Å²) in [5.41, 5.74) is 1.66. The molecule has 0 unspecified atom stereocenters. The summed E-state index contributed by atoms with van der Waals surface area (Å²) in [5, 5.41) is 3.05. The smallest absolute Gasteiger partial charge is 0.317 e. The molecule has 6 nitrogen and oxygen atoms in total. The molecule has 2 amide bonds. The minimum Gasteiger partial charge on any atom is -0.333 e. The summed E-state index contributed by atoms with van der Waals surface area (Å²) >= 11 is 0. The molecule has 1 fully saturated rings. The zero-order valence-corrected chi connectivity index (χ0v) is 15.0. The van der Waals surface area contributed by atoms with Gasteiger partial charge in [-0.2, -0.15) is 0 Å². The van der Waals surface area contributed by atoms with Crippen LogP contribution in [0.2, 0.25) is 0 Å². The Hall–Kier alpha value is -2.11. The fourth-order valence-electron chi connectivity index (χ4n) is 3.30. The number of imidazole rings is 1. The number of urea groups is 1. The van der Waals surface area contributed by atoms with Gasteiger partial charge in [-0.3, -0.25) is 0 Å². The van der Waals surface area contributed by atoms with Crippen LogP contribution in [0.25, 0.3) is 11.2 Å². The lowest BCUT2D eigenvalue weighted by molar-refractivity contribution is 0.197. The van der Waals surface area contributed by atoms with Crippen molar-refractivity contribution in [3.8, 4) is 0 Å². The Morgan fingerprint density at radius 1 is 1.42 bits per heavy atom. The minimum absolute atomic E-state index is 0.0134. The molecule has 1 N–H and O–H groups in total. The molecule has 0 spiro atoms. The molecule has 3 rings (SSSR count). The first kappa shape index (κ1) is 16.7. The third-order valence-corrected chi connectivity index (χ3v) is 4.29. The zero-order valence-electron chi connectivity index (χ0n) is 15.0. The Bertz CT molecular complexity index is 731. The Morgan fingerprint density at radius 2 is 2.21 bits per heavy atom. The summed E-state index contributed by atoms with van der Waals surface area (Å²) in [7, 11) is 0. The summed E-state index contributed by atoms with van der Waals surface area (Å²) in [6, 6.07) is 4.20. The van der Waals surface area contributed by atoms with Gasteiger partial charge < -0.3 is 14.8 Å². The Labute approximate surface area is 143 Å². The molecule has 1 aliphatic rings. The normalized spacial score (nSPS) is 18.3. The zero-order chi connectivity index (χ0) is 17.3. The highest BCUT2D eigenvalue weighted by atomic mass is 16.2. The first-order valence-corrected chi connectivity index (χ1v) is 8.78. The SMILES string of the molecule is CCCc1nc2cccnc2n1[C@@H]1CCN(C(=O)NC(C)(C)C)C1. The number of amides is 2. The number of carbonyl (C=O) groups excluding carboxylic acids is 1. The van der Waals surface area contributed by atoms with Gasteiger partial charge in [0.25, 0.3) is 0 Å². The van der Waals surface area contributed by atoms with Crippen LogP contribution in [-0.4, -0.2) is 44.1 Å². The van der Waals surface area contributed by atoms with Crippen LogP contribution < -0.4 is 5.32 Å². The van der Waals surface area contributed by atoms with Gasteiger partial charge >= 0.3 is 6.03 Å². The molecule has 3 heterocycles. The van der Waals surface area contributed by atoms with E-state index in [1.165, 1.54) is 0 Å². The van der Waals surface area contributed by atoms with Crippen molar-refractivity contribution in [2.24, 2.45) is 0 Å². The minimum atomic E-state index is -0.216. The quantitative estimate of drug-likeness (QED) is 0.941. The highest BCUT2D eigenvalue weighted by molar-refractivity contribution is 5.75. The maximum Gasteiger partial charge on any atom is 0.317 e. The molecule has 6 heteroatoms. The highest BCUT2D eigenvalue weighted by Gasteiger charge is 2.31. The van der Waals surface area contributed by atoms with Gasteiger partial charge in [0, 0.05) is 31.2 Å². The largest absolute Gasteiger partial charge is 0.333 e. The van der Waals surface area contributed by atoms with Crippen LogP contribution in [0.15, 0.2) is 18.3 Å². The molecule has 0 aliphatic carbocycles. The fourth-order valence-corrected chi connectivity index (χ4v) is 3.30. The van der Waals surface area contributed by atoms with Crippen LogP contribution in [0.4, 0.5) is 4.79 Å². The van der Waals surface area contributed by atoms with E-state index in [1.54, 1.807) is 0 Å². The van der Waals surface area contributed by atoms with Crippen LogP contribution in [0.1, 0.15) is 52.4 Å². The molecule has 0 radical (unpaired) electrons. The molecule has 130 valence electrons. The number of aromatic nitrogens is 3. The van der Waals surface area contributed by atoms with E-state index in [0.29, 0.717) is 6.54 Å². The van der Waals surface area contributed by atoms with Crippen LogP contribution in [0, 0.1) is 0 Å². The molecule has 24 heavy (non-hydrogen) atoms. The Balaban J connectivity index is 1.84. The van der Waals surface area contributed by atoms with Gasteiger partial charge in [0.2, 0.25) is 0 Å². The second kappa shape index (κ2) is 6.42. The van der Waals surface area contributed by atoms with Crippen LogP contribution >= 0.6 is 0 Å². The number of rotatable bonds is 3. The number of aryl methyl sites for hydroxylation is 1. The molecular formula is C18H27N5O. The lowest BCUT2D eigenvalue weighted by Crippen LogP contribution is -2.47. The van der Waals surface area contributed by atoms with Crippen molar-refractivity contribution in [1.82, 2.24) is 24.8 Å². The predicted octanol–water partition coefficient (Wildman–Crippen LogP) is 3.14. The van der Waals surface area contributed by atoms with Crippen molar-refractivity contribution in [1.29, 1.82) is 0 Å². The molecule has 1 atom stereocenters. The van der Waals surface area contributed by atoms with Crippen LogP contribution in [0.5, 0.6) is 0 Å². The van der Waals surface area contributed by atoms with E-state index >= 15 is 0 Å². The van der Waals surface area contributed by atoms with Gasteiger partial charge in [0.05, 0.1) is 6.04 Å². The molecule has 0 bridgehead atoms. The number of fused-ring (bicyclic) bond motifs is 1. The average molecular weight is 329 g/mol. The average Bonchev–Trinajstić information content (AvgIpc) is 3.09. The topological polar surface area (TPSA) is 63.1 Å². The molecule has 2 aromatic heterocycles. The highest BCUT2D eigenvalue weighted by Crippen LogP contribution is 2.28. The fraction of sp³-hybridized carbons (Fsp3) is 0.611. The second-order valence-electron chi connectivity index (χ2n) is 7.56. The van der Waals surface area contributed by atoms with Crippen molar-refractivity contribution in [3.63, 3.8) is 0 Å². The molecule has 1 aliphatic heterocycles. The van der Waals surface area contributed by atoms with Gasteiger partial charge in [0.1, 0.15) is 11.3 Å². The van der Waals surface area contributed by atoms with E-state index in [1.807, 2.05) is 44.0 Å². The van der Waals surface area contributed by atoms with E-state index in [9.17, 15) is 4.79 Å². The van der Waals surface area contributed by atoms with E-state index in [-0.39, 0.29) is 17.6 Å². The maximum atomic E-state index is 12.4. The van der Waals surface area contributed by atoms with E-state index in [0.717, 1.165) is 42.8 Å². The standard InChI is InChI=1S/C18H27N5O/c1-5-7-15-20-14-8-6-10-19-16(14)23(15)13-9-11-22(12-13)17(24)21-18(2,3)4/h6,8,10,13H,5,7,9,11-12H2,1-4H3,(H,21,24)/t13-/m1/s1. The van der Waals surface area contributed by atoms with Gasteiger partial charge in [-0.25, -0.2) is 14.8 Å². The van der Waals surface area contributed by atoms with E-state index < -0.39 is 0 Å². The predicted molar refractivity (Wildman–Crippen MR) is 95.0 cm³/mol. The third kappa shape index (κ3) is 3.37. The monoisotopic (exact) mass is 329 g/mol. The second-order valence-corrected chi connectivity index (χ2v) is 7.56. The summed E-state index contributed by atoms with van der Waals surface area (Å²) in [6.45, 7) is 9.65. The Morgan fingerprint density at radius 3 is 2.92 bits per heavy atom. The van der Waals surface area contributed by atoms with Crippen LogP contribution in [-0.2, 0) is 6.42 Å². The van der Waals surface area contributed by atoms with E-state index in [4.69, 9.17) is 4.98 Å². The maximum absolute atomic E-state index is 12.4. The number of hydrogen-bond acceptors (Lipinski definition) is 3. The third-order valence-electron chi connectivity index (χ3n) is 4.29. The number of carbonyl (C=O) groups is 1. The molecular weight excluding hydrogens is 302 g/mol. The van der Waals surface area contributed by atoms with E-state index in [2.05, 4.69) is 21.8 Å². The lowest BCUT2D eigenvalue weighted by atomic mass is 10.1. The number of hydrogen-bond donors (Lipinski definition) is 1. The number of nitrogens with one attached hydrogen (secondary N) is 1. The molecule has 0 aromatic carbocycles. The Kier molecular flexibility index (Phi) is 4.47. The van der Waals surface area contributed by atoms with Crippen molar-refractivity contribution >= 4 is 17.2 Å². The molecule has 2 aromatic rings. The lowest BCUT2D eigenvalue weighted by Gasteiger charge is -2.25. The molecule has 0 saturated carbocycles. The first-order chi connectivity index (χ1) is 11.4. The summed E-state index contributed by atoms with van der Waals surface area (Å²) in [6.07, 6.45) is 4.73. The van der Waals surface area contributed by atoms with Crippen molar-refractivity contribution in [2.45, 2.75) is 58.5 Å². The van der Waals surface area contributed by atoms with Gasteiger partial charge in [-0.1, -0.05) is 6.92 Å². The molecule has 1 saturated heterocycles. The summed E-state index contributed by atoms with van der Waals surface area (Å²) in [4.78, 5) is 23.6. The van der Waals surface area contributed by atoms with Gasteiger partial charge in [0.15, 0.2) is 5.65 Å². The number of nitrogens with zero attached hydrogens (tertiary/aromatic N) is 4.